The lowest BCUT2D eigenvalue weighted by Gasteiger charge is -2.08. The van der Waals surface area contributed by atoms with E-state index in [4.69, 9.17) is 10.3 Å². The molecule has 0 fully saturated rings. The van der Waals surface area contributed by atoms with Crippen molar-refractivity contribution in [1.82, 2.24) is 10.1 Å². The summed E-state index contributed by atoms with van der Waals surface area (Å²) in [7, 11) is 0. The van der Waals surface area contributed by atoms with Crippen molar-refractivity contribution in [2.24, 2.45) is 0 Å². The van der Waals surface area contributed by atoms with Crippen LogP contribution in [-0.4, -0.2) is 10.1 Å². The Morgan fingerprint density at radius 1 is 0.966 bits per heavy atom. The molecule has 0 amide bonds. The van der Waals surface area contributed by atoms with Crippen LogP contribution in [0.1, 0.15) is 16.8 Å². The van der Waals surface area contributed by atoms with Crippen LogP contribution >= 0.6 is 0 Å². The lowest BCUT2D eigenvalue weighted by atomic mass is 10.1. The summed E-state index contributed by atoms with van der Waals surface area (Å²) >= 11 is 0. The second-order valence-corrected chi connectivity index (χ2v) is 6.57. The molecule has 0 spiro atoms. The molecule has 3 N–H and O–H groups in total. The number of halogens is 2. The minimum atomic E-state index is -0.875. The monoisotopic (exact) mass is 392 g/mol. The fourth-order valence-corrected chi connectivity index (χ4v) is 2.97. The van der Waals surface area contributed by atoms with E-state index in [1.54, 1.807) is 12.3 Å². The third-order valence-corrected chi connectivity index (χ3v) is 4.51. The normalized spacial score (nSPS) is 10.8. The van der Waals surface area contributed by atoms with E-state index in [1.165, 1.54) is 12.1 Å². The number of anilines is 2. The van der Waals surface area contributed by atoms with E-state index in [0.29, 0.717) is 30.1 Å². The fourth-order valence-electron chi connectivity index (χ4n) is 2.97. The molecule has 0 saturated heterocycles. The van der Waals surface area contributed by atoms with Crippen LogP contribution in [0.15, 0.2) is 71.4 Å². The highest BCUT2D eigenvalue weighted by Crippen LogP contribution is 2.25. The molecule has 2 aromatic carbocycles. The van der Waals surface area contributed by atoms with Crippen LogP contribution in [0.25, 0.3) is 11.3 Å². The first kappa shape index (κ1) is 18.6. The van der Waals surface area contributed by atoms with Gasteiger partial charge in [-0.2, -0.15) is 0 Å². The van der Waals surface area contributed by atoms with E-state index >= 15 is 0 Å². The van der Waals surface area contributed by atoms with Crippen molar-refractivity contribution in [3.05, 3.63) is 95.3 Å². The molecule has 2 aromatic heterocycles. The number of benzene rings is 2. The molecular weight excluding hydrogens is 374 g/mol. The van der Waals surface area contributed by atoms with Gasteiger partial charge >= 0.3 is 0 Å². The van der Waals surface area contributed by atoms with Crippen molar-refractivity contribution in [2.45, 2.75) is 13.0 Å². The summed E-state index contributed by atoms with van der Waals surface area (Å²) in [6.45, 7) is 0.384. The number of nitrogens with zero attached hydrogens (tertiary/aromatic N) is 2. The van der Waals surface area contributed by atoms with Gasteiger partial charge in [0.1, 0.15) is 5.82 Å². The summed E-state index contributed by atoms with van der Waals surface area (Å²) in [5.74, 6) is -0.782. The van der Waals surface area contributed by atoms with Gasteiger partial charge in [0.15, 0.2) is 17.4 Å². The zero-order chi connectivity index (χ0) is 20.2. The minimum absolute atomic E-state index is 0.138. The summed E-state index contributed by atoms with van der Waals surface area (Å²) in [6, 6.07) is 17.3. The van der Waals surface area contributed by atoms with Crippen LogP contribution in [0.4, 0.5) is 20.3 Å². The third-order valence-electron chi connectivity index (χ3n) is 4.51. The maximum absolute atomic E-state index is 13.7. The molecule has 0 saturated carbocycles. The van der Waals surface area contributed by atoms with Crippen LogP contribution in [-0.2, 0) is 13.0 Å². The quantitative estimate of drug-likeness (QED) is 0.493. The summed E-state index contributed by atoms with van der Waals surface area (Å²) in [5.41, 5.74) is 9.48. The number of aromatic nitrogens is 2. The molecule has 0 unspecified atom stereocenters. The molecule has 0 bridgehead atoms. The van der Waals surface area contributed by atoms with Crippen LogP contribution in [0, 0.1) is 11.6 Å². The molecule has 29 heavy (non-hydrogen) atoms. The molecular formula is C22H18F2N4O. The van der Waals surface area contributed by atoms with Gasteiger partial charge in [-0.25, -0.2) is 13.8 Å². The van der Waals surface area contributed by atoms with Gasteiger partial charge in [-0.15, -0.1) is 0 Å². The molecule has 0 radical (unpaired) electrons. The largest absolute Gasteiger partial charge is 0.383 e. The first-order chi connectivity index (χ1) is 14.1. The number of hydrogen-bond donors (Lipinski definition) is 2. The molecule has 146 valence electrons. The van der Waals surface area contributed by atoms with Crippen LogP contribution in [0.2, 0.25) is 0 Å². The zero-order valence-electron chi connectivity index (χ0n) is 15.4. The van der Waals surface area contributed by atoms with Crippen molar-refractivity contribution in [1.29, 1.82) is 0 Å². The molecule has 0 aliphatic rings. The highest BCUT2D eigenvalue weighted by Gasteiger charge is 2.11. The fraction of sp³-hybridized carbons (Fsp3) is 0.0909. The predicted octanol–water partition coefficient (Wildman–Crippen LogP) is 4.80. The van der Waals surface area contributed by atoms with Crippen molar-refractivity contribution < 1.29 is 13.3 Å². The molecule has 0 aliphatic heterocycles. The van der Waals surface area contributed by atoms with Gasteiger partial charge in [-0.05, 0) is 35.4 Å². The Labute approximate surface area is 166 Å². The van der Waals surface area contributed by atoms with E-state index in [1.807, 2.05) is 36.4 Å². The molecule has 2 heterocycles. The van der Waals surface area contributed by atoms with Crippen molar-refractivity contribution in [3.8, 4) is 11.3 Å². The highest BCUT2D eigenvalue weighted by molar-refractivity contribution is 5.69. The van der Waals surface area contributed by atoms with Gasteiger partial charge in [0.2, 0.25) is 0 Å². The highest BCUT2D eigenvalue weighted by atomic mass is 19.2. The topological polar surface area (TPSA) is 77.0 Å². The van der Waals surface area contributed by atoms with E-state index < -0.39 is 11.6 Å². The van der Waals surface area contributed by atoms with Gasteiger partial charge in [-0.3, -0.25) is 0 Å². The Hall–Kier alpha value is -3.74. The van der Waals surface area contributed by atoms with Gasteiger partial charge in [0, 0.05) is 25.2 Å². The molecule has 0 aliphatic carbocycles. The maximum atomic E-state index is 13.7. The average Bonchev–Trinajstić information content (AvgIpc) is 3.19. The van der Waals surface area contributed by atoms with Gasteiger partial charge in [0.05, 0.1) is 16.9 Å². The van der Waals surface area contributed by atoms with Gasteiger partial charge in [-0.1, -0.05) is 35.5 Å². The average molecular weight is 392 g/mol. The molecule has 4 aromatic rings. The number of nitrogens with two attached hydrogens (primary N) is 1. The second kappa shape index (κ2) is 8.10. The molecule has 5 nitrogen and oxygen atoms in total. The summed E-state index contributed by atoms with van der Waals surface area (Å²) < 4.78 is 32.3. The van der Waals surface area contributed by atoms with Crippen LogP contribution in [0.5, 0.6) is 0 Å². The number of nitrogen functional groups attached to an aromatic ring is 1. The number of hydrogen-bond acceptors (Lipinski definition) is 5. The summed E-state index contributed by atoms with van der Waals surface area (Å²) in [4.78, 5) is 4.05. The van der Waals surface area contributed by atoms with Crippen molar-refractivity contribution in [3.63, 3.8) is 0 Å². The van der Waals surface area contributed by atoms with Crippen LogP contribution in [0.3, 0.4) is 0 Å². The summed E-state index contributed by atoms with van der Waals surface area (Å²) in [5, 5.41) is 7.00. The number of nitrogens with one attached hydrogen (secondary N) is 1. The predicted molar refractivity (Wildman–Crippen MR) is 107 cm³/mol. The van der Waals surface area contributed by atoms with Gasteiger partial charge in [0.25, 0.3) is 0 Å². The first-order valence-electron chi connectivity index (χ1n) is 9.02. The van der Waals surface area contributed by atoms with E-state index in [9.17, 15) is 8.78 Å². The van der Waals surface area contributed by atoms with E-state index in [0.717, 1.165) is 22.9 Å². The Balaban J connectivity index is 1.40. The number of pyridine rings is 1. The zero-order valence-corrected chi connectivity index (χ0v) is 15.4. The molecule has 7 heteroatoms. The van der Waals surface area contributed by atoms with Crippen LogP contribution < -0.4 is 11.1 Å². The van der Waals surface area contributed by atoms with Crippen molar-refractivity contribution in [2.75, 3.05) is 11.1 Å². The standard InChI is InChI=1S/C22H18F2N4O/c23-18-4-1-5-19(21(18)24)27-13-15-8-6-14(7-9-15)11-16-12-20(29-28-16)17-3-2-10-26-22(17)25/h1-10,12,27H,11,13H2,(H2,25,26). The van der Waals surface area contributed by atoms with Gasteiger partial charge < -0.3 is 15.6 Å². The second-order valence-electron chi connectivity index (χ2n) is 6.57. The van der Waals surface area contributed by atoms with E-state index in [2.05, 4.69) is 15.5 Å². The Kier molecular flexibility index (Phi) is 5.20. The van der Waals surface area contributed by atoms with E-state index in [-0.39, 0.29) is 5.69 Å². The minimum Gasteiger partial charge on any atom is -0.383 e. The molecule has 0 atom stereocenters. The summed E-state index contributed by atoms with van der Waals surface area (Å²) in [6.07, 6.45) is 2.21. The smallest absolute Gasteiger partial charge is 0.181 e. The molecule has 4 rings (SSSR count). The Morgan fingerprint density at radius 2 is 1.76 bits per heavy atom. The lowest BCUT2D eigenvalue weighted by Crippen LogP contribution is -2.02. The Morgan fingerprint density at radius 3 is 2.55 bits per heavy atom. The SMILES string of the molecule is Nc1ncccc1-c1cc(Cc2ccc(CNc3cccc(F)c3F)cc2)no1. The Bertz CT molecular complexity index is 1130. The lowest BCUT2D eigenvalue weighted by molar-refractivity contribution is 0.425. The first-order valence-corrected chi connectivity index (χ1v) is 9.02. The van der Waals surface area contributed by atoms with Crippen molar-refractivity contribution >= 4 is 11.5 Å². The number of rotatable bonds is 6. The third kappa shape index (κ3) is 4.24. The maximum Gasteiger partial charge on any atom is 0.181 e.